The second kappa shape index (κ2) is 4.24. The molecular formula is C10H10ClN3. The summed E-state index contributed by atoms with van der Waals surface area (Å²) < 4.78 is 2.01. The highest BCUT2D eigenvalue weighted by Gasteiger charge is 1.97. The van der Waals surface area contributed by atoms with Crippen molar-refractivity contribution in [2.24, 2.45) is 0 Å². The second-order valence-electron chi connectivity index (χ2n) is 3.03. The van der Waals surface area contributed by atoms with E-state index in [9.17, 15) is 0 Å². The first-order valence-electron chi connectivity index (χ1n) is 4.34. The van der Waals surface area contributed by atoms with Gasteiger partial charge in [0.2, 0.25) is 0 Å². The Morgan fingerprint density at radius 2 is 2.07 bits per heavy atom. The lowest BCUT2D eigenvalue weighted by molar-refractivity contribution is 0.795. The van der Waals surface area contributed by atoms with Crippen molar-refractivity contribution in [2.45, 2.75) is 12.4 Å². The maximum absolute atomic E-state index is 5.66. The summed E-state index contributed by atoms with van der Waals surface area (Å²) in [5.74, 6) is 0.462. The zero-order valence-corrected chi connectivity index (χ0v) is 8.35. The Morgan fingerprint density at radius 1 is 1.29 bits per heavy atom. The van der Waals surface area contributed by atoms with Crippen LogP contribution in [0.2, 0.25) is 0 Å². The third-order valence-electron chi connectivity index (χ3n) is 1.94. The Balaban J connectivity index is 2.11. The molecule has 0 radical (unpaired) electrons. The molecule has 0 atom stereocenters. The van der Waals surface area contributed by atoms with Gasteiger partial charge in [0, 0.05) is 25.1 Å². The standard InChI is InChI=1S/C10H10ClN3/c11-5-10-7-14(8-13-10)6-9-1-3-12-4-2-9/h1-4,7-8H,5-6H2. The minimum absolute atomic E-state index is 0.462. The molecule has 0 aliphatic heterocycles. The normalized spacial score (nSPS) is 10.4. The summed E-state index contributed by atoms with van der Waals surface area (Å²) >= 11 is 5.66. The monoisotopic (exact) mass is 207 g/mol. The van der Waals surface area contributed by atoms with Gasteiger partial charge in [-0.15, -0.1) is 11.6 Å². The molecule has 0 spiro atoms. The Bertz CT molecular complexity index is 397. The van der Waals surface area contributed by atoms with Gasteiger partial charge in [-0.05, 0) is 17.7 Å². The molecule has 0 N–H and O–H groups in total. The fourth-order valence-electron chi connectivity index (χ4n) is 1.26. The average molecular weight is 208 g/mol. The molecule has 0 unspecified atom stereocenters. The summed E-state index contributed by atoms with van der Waals surface area (Å²) in [5, 5.41) is 0. The number of rotatable bonds is 3. The number of aromatic nitrogens is 3. The molecule has 0 amide bonds. The molecular weight excluding hydrogens is 198 g/mol. The predicted molar refractivity (Wildman–Crippen MR) is 55.1 cm³/mol. The fourth-order valence-corrected chi connectivity index (χ4v) is 1.40. The van der Waals surface area contributed by atoms with Gasteiger partial charge in [0.1, 0.15) is 0 Å². The van der Waals surface area contributed by atoms with Crippen LogP contribution in [0.3, 0.4) is 0 Å². The first-order valence-corrected chi connectivity index (χ1v) is 4.87. The highest BCUT2D eigenvalue weighted by Crippen LogP contribution is 2.04. The van der Waals surface area contributed by atoms with Gasteiger partial charge < -0.3 is 4.57 Å². The van der Waals surface area contributed by atoms with Crippen LogP contribution in [0.25, 0.3) is 0 Å². The molecule has 14 heavy (non-hydrogen) atoms. The summed E-state index contributed by atoms with van der Waals surface area (Å²) in [7, 11) is 0. The van der Waals surface area contributed by atoms with Crippen molar-refractivity contribution < 1.29 is 0 Å². The number of pyridine rings is 1. The lowest BCUT2D eigenvalue weighted by Crippen LogP contribution is -1.95. The molecule has 72 valence electrons. The lowest BCUT2D eigenvalue weighted by atomic mass is 10.3. The molecule has 0 aliphatic carbocycles. The number of alkyl halides is 1. The zero-order valence-electron chi connectivity index (χ0n) is 7.60. The maximum Gasteiger partial charge on any atom is 0.0953 e. The lowest BCUT2D eigenvalue weighted by Gasteiger charge is -2.00. The number of imidazole rings is 1. The number of halogens is 1. The first kappa shape index (κ1) is 9.21. The molecule has 2 heterocycles. The van der Waals surface area contributed by atoms with Crippen LogP contribution in [-0.2, 0) is 12.4 Å². The maximum atomic E-state index is 5.66. The van der Waals surface area contributed by atoms with Gasteiger partial charge in [-0.1, -0.05) is 0 Å². The van der Waals surface area contributed by atoms with E-state index in [-0.39, 0.29) is 0 Å². The van der Waals surface area contributed by atoms with Gasteiger partial charge in [-0.3, -0.25) is 4.98 Å². The van der Waals surface area contributed by atoms with Crippen molar-refractivity contribution in [3.05, 3.63) is 48.3 Å². The van der Waals surface area contributed by atoms with Crippen molar-refractivity contribution in [3.8, 4) is 0 Å². The predicted octanol–water partition coefficient (Wildman–Crippen LogP) is 2.07. The van der Waals surface area contributed by atoms with Crippen molar-refractivity contribution in [1.82, 2.24) is 14.5 Å². The molecule has 0 saturated carbocycles. The van der Waals surface area contributed by atoms with Crippen LogP contribution in [0.15, 0.2) is 37.1 Å². The Hall–Kier alpha value is -1.35. The van der Waals surface area contributed by atoms with E-state index in [2.05, 4.69) is 9.97 Å². The molecule has 0 fully saturated rings. The van der Waals surface area contributed by atoms with Gasteiger partial charge >= 0.3 is 0 Å². The van der Waals surface area contributed by atoms with Crippen LogP contribution in [0, 0.1) is 0 Å². The highest BCUT2D eigenvalue weighted by atomic mass is 35.5. The van der Waals surface area contributed by atoms with Gasteiger partial charge in [0.05, 0.1) is 17.9 Å². The van der Waals surface area contributed by atoms with E-state index in [0.29, 0.717) is 5.88 Å². The Labute approximate surface area is 87.4 Å². The van der Waals surface area contributed by atoms with Crippen molar-refractivity contribution >= 4 is 11.6 Å². The van der Waals surface area contributed by atoms with Crippen LogP contribution >= 0.6 is 11.6 Å². The van der Waals surface area contributed by atoms with Gasteiger partial charge in [-0.2, -0.15) is 0 Å². The number of nitrogens with zero attached hydrogens (tertiary/aromatic N) is 3. The summed E-state index contributed by atoms with van der Waals surface area (Å²) in [5.41, 5.74) is 2.11. The smallest absolute Gasteiger partial charge is 0.0953 e. The topological polar surface area (TPSA) is 30.7 Å². The summed E-state index contributed by atoms with van der Waals surface area (Å²) in [4.78, 5) is 8.11. The van der Waals surface area contributed by atoms with Crippen molar-refractivity contribution in [2.75, 3.05) is 0 Å². The molecule has 0 aliphatic rings. The van der Waals surface area contributed by atoms with E-state index in [0.717, 1.165) is 12.2 Å². The molecule has 2 rings (SSSR count). The van der Waals surface area contributed by atoms with E-state index in [1.807, 2.05) is 22.9 Å². The molecule has 4 heteroatoms. The summed E-state index contributed by atoms with van der Waals surface area (Å²) in [6.45, 7) is 0.812. The molecule has 0 bridgehead atoms. The number of hydrogen-bond acceptors (Lipinski definition) is 2. The van der Waals surface area contributed by atoms with E-state index in [1.165, 1.54) is 5.56 Å². The quantitative estimate of drug-likeness (QED) is 0.722. The minimum Gasteiger partial charge on any atom is -0.333 e. The van der Waals surface area contributed by atoms with Crippen LogP contribution in [-0.4, -0.2) is 14.5 Å². The third-order valence-corrected chi connectivity index (χ3v) is 2.21. The van der Waals surface area contributed by atoms with Crippen LogP contribution < -0.4 is 0 Å². The molecule has 2 aromatic rings. The molecule has 0 aromatic carbocycles. The van der Waals surface area contributed by atoms with Crippen LogP contribution in [0.5, 0.6) is 0 Å². The second-order valence-corrected chi connectivity index (χ2v) is 3.29. The van der Waals surface area contributed by atoms with E-state index in [1.54, 1.807) is 18.7 Å². The van der Waals surface area contributed by atoms with Gasteiger partial charge in [-0.25, -0.2) is 4.98 Å². The average Bonchev–Trinajstić information content (AvgIpc) is 2.67. The largest absolute Gasteiger partial charge is 0.333 e. The van der Waals surface area contributed by atoms with Crippen LogP contribution in [0.1, 0.15) is 11.3 Å². The molecule has 0 saturated heterocycles. The Kier molecular flexibility index (Phi) is 2.79. The summed E-state index contributed by atoms with van der Waals surface area (Å²) in [6, 6.07) is 3.97. The summed E-state index contributed by atoms with van der Waals surface area (Å²) in [6.07, 6.45) is 7.31. The first-order chi connectivity index (χ1) is 6.88. The highest BCUT2D eigenvalue weighted by molar-refractivity contribution is 6.16. The Morgan fingerprint density at radius 3 is 2.71 bits per heavy atom. The zero-order chi connectivity index (χ0) is 9.80. The van der Waals surface area contributed by atoms with Crippen LogP contribution in [0.4, 0.5) is 0 Å². The van der Waals surface area contributed by atoms with Crippen molar-refractivity contribution in [1.29, 1.82) is 0 Å². The minimum atomic E-state index is 0.462. The third kappa shape index (κ3) is 2.12. The van der Waals surface area contributed by atoms with Gasteiger partial charge in [0.15, 0.2) is 0 Å². The SMILES string of the molecule is ClCc1cn(Cc2ccncc2)cn1. The van der Waals surface area contributed by atoms with Crippen molar-refractivity contribution in [3.63, 3.8) is 0 Å². The van der Waals surface area contributed by atoms with E-state index < -0.39 is 0 Å². The molecule has 3 nitrogen and oxygen atoms in total. The molecule has 2 aromatic heterocycles. The van der Waals surface area contributed by atoms with E-state index in [4.69, 9.17) is 11.6 Å². The number of hydrogen-bond donors (Lipinski definition) is 0. The van der Waals surface area contributed by atoms with E-state index >= 15 is 0 Å². The van der Waals surface area contributed by atoms with Gasteiger partial charge in [0.25, 0.3) is 0 Å². The fraction of sp³-hybridized carbons (Fsp3) is 0.200.